The molecule has 4 rings (SSSR count). The Kier molecular flexibility index (Phi) is 9.48. The number of fused-ring (bicyclic) bond motifs is 1. The van der Waals surface area contributed by atoms with E-state index in [9.17, 15) is 18.0 Å². The fourth-order valence-corrected chi connectivity index (χ4v) is 6.43. The molecule has 41 heavy (non-hydrogen) atoms. The van der Waals surface area contributed by atoms with E-state index in [1.54, 1.807) is 44.2 Å². The first-order valence-corrected chi connectivity index (χ1v) is 14.2. The number of nitrogens with one attached hydrogen (secondary N) is 1. The van der Waals surface area contributed by atoms with Crippen LogP contribution in [0, 0.1) is 13.8 Å². The van der Waals surface area contributed by atoms with Gasteiger partial charge in [-0.15, -0.1) is 0 Å². The van der Waals surface area contributed by atoms with E-state index >= 15 is 0 Å². The first-order valence-electron chi connectivity index (χ1n) is 12.7. The Hall–Kier alpha value is -4.13. The van der Waals surface area contributed by atoms with E-state index < -0.39 is 34.5 Å². The average Bonchev–Trinajstić information content (AvgIpc) is 3.40. The number of amides is 1. The molecule has 3 aromatic rings. The van der Waals surface area contributed by atoms with Gasteiger partial charge in [0.15, 0.2) is 11.5 Å². The second-order valence-electron chi connectivity index (χ2n) is 9.39. The quantitative estimate of drug-likeness (QED) is 0.251. The fraction of sp³-hybridized carbons (Fsp3) is 0.310. The highest BCUT2D eigenvalue weighted by Crippen LogP contribution is 2.35. The van der Waals surface area contributed by atoms with E-state index in [0.717, 1.165) is 9.87 Å². The Labute approximate surface area is 238 Å². The minimum atomic E-state index is -4.37. The molecule has 218 valence electrons. The SMILES string of the molecule is COc1cc(C)c(S(=O)(=O)N(Cc2ccc3c(c2)OCO3)C(COC(C)=O)C(=O)NOCc2ccccc2)c(C)c1. The van der Waals surface area contributed by atoms with Crippen molar-refractivity contribution in [2.75, 3.05) is 20.5 Å². The Morgan fingerprint density at radius 2 is 1.66 bits per heavy atom. The molecule has 0 aliphatic carbocycles. The summed E-state index contributed by atoms with van der Waals surface area (Å²) in [6.07, 6.45) is 0. The van der Waals surface area contributed by atoms with Crippen LogP contribution in [0.3, 0.4) is 0 Å². The molecule has 3 aromatic carbocycles. The van der Waals surface area contributed by atoms with Gasteiger partial charge < -0.3 is 18.9 Å². The lowest BCUT2D eigenvalue weighted by atomic mass is 10.1. The standard InChI is InChI=1S/C29H32N2O9S/c1-19-12-24(36-4)13-20(2)28(19)41(34,35)31(15-23-10-11-26-27(14-23)39-18-38-26)25(17-37-21(3)32)29(33)30-40-16-22-8-6-5-7-9-22/h5-14,25H,15-18H2,1-4H3,(H,30,33). The molecule has 0 saturated carbocycles. The summed E-state index contributed by atoms with van der Waals surface area (Å²) in [5, 5.41) is 0. The predicted octanol–water partition coefficient (Wildman–Crippen LogP) is 3.41. The molecule has 1 atom stereocenters. The van der Waals surface area contributed by atoms with E-state index in [0.29, 0.717) is 33.9 Å². The van der Waals surface area contributed by atoms with E-state index in [2.05, 4.69) is 5.48 Å². The highest BCUT2D eigenvalue weighted by molar-refractivity contribution is 7.89. The molecule has 0 bridgehead atoms. The molecule has 0 aromatic heterocycles. The monoisotopic (exact) mass is 584 g/mol. The maximum atomic E-state index is 14.4. The fourth-order valence-electron chi connectivity index (χ4n) is 4.45. The Balaban J connectivity index is 1.73. The van der Waals surface area contributed by atoms with E-state index in [1.165, 1.54) is 14.0 Å². The molecule has 1 amide bonds. The van der Waals surface area contributed by atoms with Gasteiger partial charge in [-0.2, -0.15) is 4.31 Å². The third-order valence-corrected chi connectivity index (χ3v) is 8.52. The van der Waals surface area contributed by atoms with Crippen molar-refractivity contribution in [2.45, 2.75) is 44.9 Å². The summed E-state index contributed by atoms with van der Waals surface area (Å²) in [5.74, 6) is -0.0253. The number of methoxy groups -OCH3 is 1. The number of aryl methyl sites for hydroxylation is 2. The third-order valence-electron chi connectivity index (χ3n) is 6.36. The molecule has 1 aliphatic rings. The van der Waals surface area contributed by atoms with Crippen LogP contribution in [0.5, 0.6) is 17.2 Å². The van der Waals surface area contributed by atoms with Crippen LogP contribution in [-0.4, -0.2) is 51.2 Å². The van der Waals surface area contributed by atoms with Crippen LogP contribution in [0.1, 0.15) is 29.2 Å². The highest BCUT2D eigenvalue weighted by atomic mass is 32.2. The van der Waals surface area contributed by atoms with Crippen molar-refractivity contribution in [2.24, 2.45) is 0 Å². The van der Waals surface area contributed by atoms with Gasteiger partial charge in [-0.05, 0) is 60.4 Å². The Morgan fingerprint density at radius 3 is 2.32 bits per heavy atom. The van der Waals surface area contributed by atoms with Crippen molar-refractivity contribution in [1.29, 1.82) is 0 Å². The number of benzene rings is 3. The van der Waals surface area contributed by atoms with E-state index in [4.69, 9.17) is 23.8 Å². The largest absolute Gasteiger partial charge is 0.497 e. The van der Waals surface area contributed by atoms with E-state index in [1.807, 2.05) is 30.3 Å². The van der Waals surface area contributed by atoms with Crippen molar-refractivity contribution >= 4 is 21.9 Å². The summed E-state index contributed by atoms with van der Waals surface area (Å²) in [4.78, 5) is 30.7. The zero-order valence-corrected chi connectivity index (χ0v) is 24.0. The van der Waals surface area contributed by atoms with Gasteiger partial charge in [-0.1, -0.05) is 36.4 Å². The minimum absolute atomic E-state index is 0.00451. The maximum Gasteiger partial charge on any atom is 0.302 e. The number of carbonyl (C=O) groups excluding carboxylic acids is 2. The summed E-state index contributed by atoms with van der Waals surface area (Å²) >= 11 is 0. The summed E-state index contributed by atoms with van der Waals surface area (Å²) in [6.45, 7) is 3.75. The summed E-state index contributed by atoms with van der Waals surface area (Å²) in [7, 11) is -2.88. The number of esters is 1. The molecule has 0 saturated heterocycles. The third kappa shape index (κ3) is 7.15. The van der Waals surface area contributed by atoms with Crippen LogP contribution in [-0.2, 0) is 42.3 Å². The molecule has 1 aliphatic heterocycles. The molecule has 0 spiro atoms. The predicted molar refractivity (Wildman–Crippen MR) is 148 cm³/mol. The number of ether oxygens (including phenoxy) is 4. The zero-order chi connectivity index (χ0) is 29.6. The first-order chi connectivity index (χ1) is 19.6. The van der Waals surface area contributed by atoms with Gasteiger partial charge in [0.1, 0.15) is 18.4 Å². The molecule has 12 heteroatoms. The number of hydrogen-bond donors (Lipinski definition) is 1. The average molecular weight is 585 g/mol. The molecule has 0 fully saturated rings. The van der Waals surface area contributed by atoms with Crippen molar-refractivity contribution < 1.29 is 41.8 Å². The highest BCUT2D eigenvalue weighted by Gasteiger charge is 2.39. The van der Waals surface area contributed by atoms with Gasteiger partial charge in [0.25, 0.3) is 5.91 Å². The van der Waals surface area contributed by atoms with Crippen molar-refractivity contribution in [3.63, 3.8) is 0 Å². The number of hydrogen-bond acceptors (Lipinski definition) is 9. The van der Waals surface area contributed by atoms with Crippen molar-refractivity contribution in [1.82, 2.24) is 9.79 Å². The number of hydroxylamine groups is 1. The maximum absolute atomic E-state index is 14.4. The molecular formula is C29H32N2O9S. The normalized spacial score (nSPS) is 13.1. The van der Waals surface area contributed by atoms with E-state index in [-0.39, 0.29) is 24.8 Å². The van der Waals surface area contributed by atoms with Gasteiger partial charge in [0.05, 0.1) is 18.6 Å². The number of carbonyl (C=O) groups is 2. The topological polar surface area (TPSA) is 130 Å². The van der Waals surface area contributed by atoms with Crippen LogP contribution in [0.4, 0.5) is 0 Å². The summed E-state index contributed by atoms with van der Waals surface area (Å²) in [5.41, 5.74) is 4.49. The van der Waals surface area contributed by atoms with Gasteiger partial charge >= 0.3 is 5.97 Å². The molecular weight excluding hydrogens is 552 g/mol. The Bertz CT molecular complexity index is 1490. The molecule has 11 nitrogen and oxygen atoms in total. The second-order valence-corrected chi connectivity index (χ2v) is 11.2. The van der Waals surface area contributed by atoms with Gasteiger partial charge in [0, 0.05) is 13.5 Å². The number of nitrogens with zero attached hydrogens (tertiary/aromatic N) is 1. The lowest BCUT2D eigenvalue weighted by molar-refractivity contribution is -0.147. The Morgan fingerprint density at radius 1 is 0.976 bits per heavy atom. The summed E-state index contributed by atoms with van der Waals surface area (Å²) in [6, 6.07) is 15.8. The lowest BCUT2D eigenvalue weighted by Crippen LogP contribution is -2.52. The van der Waals surface area contributed by atoms with Gasteiger partial charge in [-0.25, -0.2) is 13.9 Å². The molecule has 1 N–H and O–H groups in total. The van der Waals surface area contributed by atoms with Crippen LogP contribution in [0.25, 0.3) is 0 Å². The van der Waals surface area contributed by atoms with Gasteiger partial charge in [-0.3, -0.25) is 14.4 Å². The van der Waals surface area contributed by atoms with Crippen molar-refractivity contribution in [3.05, 3.63) is 82.9 Å². The smallest absolute Gasteiger partial charge is 0.302 e. The van der Waals surface area contributed by atoms with Crippen LogP contribution in [0.15, 0.2) is 65.6 Å². The number of sulfonamides is 1. The molecule has 0 radical (unpaired) electrons. The molecule has 1 heterocycles. The van der Waals surface area contributed by atoms with Crippen molar-refractivity contribution in [3.8, 4) is 17.2 Å². The van der Waals surface area contributed by atoms with Crippen LogP contribution >= 0.6 is 0 Å². The molecule has 1 unspecified atom stereocenters. The van der Waals surface area contributed by atoms with Gasteiger partial charge in [0.2, 0.25) is 16.8 Å². The second kappa shape index (κ2) is 13.0. The van der Waals surface area contributed by atoms with Crippen LogP contribution < -0.4 is 19.7 Å². The number of rotatable bonds is 12. The minimum Gasteiger partial charge on any atom is -0.497 e. The summed E-state index contributed by atoms with van der Waals surface area (Å²) < 4.78 is 51.1. The lowest BCUT2D eigenvalue weighted by Gasteiger charge is -2.31. The van der Waals surface area contributed by atoms with Crippen LogP contribution in [0.2, 0.25) is 0 Å². The zero-order valence-electron chi connectivity index (χ0n) is 23.2. The first kappa shape index (κ1) is 29.8.